The zero-order valence-electron chi connectivity index (χ0n) is 17.7. The van der Waals surface area contributed by atoms with E-state index in [0.717, 1.165) is 70.9 Å². The summed E-state index contributed by atoms with van der Waals surface area (Å²) in [5.74, 6) is 0.994. The van der Waals surface area contributed by atoms with E-state index in [9.17, 15) is 18.0 Å². The molecule has 1 N–H and O–H groups in total. The smallest absolute Gasteiger partial charge is 0.389 e. The maximum Gasteiger partial charge on any atom is 0.416 e. The van der Waals surface area contributed by atoms with Gasteiger partial charge in [0.05, 0.1) is 5.56 Å². The van der Waals surface area contributed by atoms with Crippen LogP contribution in [0.3, 0.4) is 0 Å². The van der Waals surface area contributed by atoms with Gasteiger partial charge in [-0.15, -0.1) is 0 Å². The van der Waals surface area contributed by atoms with Gasteiger partial charge in [0.25, 0.3) is 0 Å². The highest BCUT2D eigenvalue weighted by Gasteiger charge is 2.31. The fourth-order valence-electron chi connectivity index (χ4n) is 4.86. The SMILES string of the molecule is C[C@@H](C(=O)CO)C1CCC(CCN2CCN(c3cccc(C(F)(F)F)c3)CC2)CC1. The van der Waals surface area contributed by atoms with Crippen molar-refractivity contribution in [1.82, 2.24) is 4.90 Å². The number of halogens is 3. The molecule has 1 aromatic carbocycles. The van der Waals surface area contributed by atoms with Gasteiger partial charge in [0.1, 0.15) is 6.61 Å². The molecule has 7 heteroatoms. The lowest BCUT2D eigenvalue weighted by Crippen LogP contribution is -2.47. The lowest BCUT2D eigenvalue weighted by Gasteiger charge is -2.37. The number of anilines is 1. The number of aliphatic hydroxyl groups is 1. The van der Waals surface area contributed by atoms with Crippen molar-refractivity contribution in [2.75, 3.05) is 44.2 Å². The molecule has 2 aliphatic rings. The number of hydrogen-bond acceptors (Lipinski definition) is 4. The lowest BCUT2D eigenvalue weighted by molar-refractivity contribution is -0.137. The molecule has 1 heterocycles. The van der Waals surface area contributed by atoms with Crippen molar-refractivity contribution in [3.8, 4) is 0 Å². The molecular weight excluding hydrogens is 393 g/mol. The molecule has 1 aromatic rings. The first-order valence-corrected chi connectivity index (χ1v) is 11.1. The van der Waals surface area contributed by atoms with E-state index in [1.165, 1.54) is 12.1 Å². The van der Waals surface area contributed by atoms with E-state index in [4.69, 9.17) is 5.11 Å². The molecule has 1 aliphatic heterocycles. The highest BCUT2D eigenvalue weighted by Crippen LogP contribution is 2.35. The average molecular weight is 427 g/mol. The molecule has 1 atom stereocenters. The number of piperazine rings is 1. The largest absolute Gasteiger partial charge is 0.416 e. The van der Waals surface area contributed by atoms with Crippen LogP contribution in [0.15, 0.2) is 24.3 Å². The predicted molar refractivity (Wildman–Crippen MR) is 111 cm³/mol. The Morgan fingerprint density at radius 1 is 1.13 bits per heavy atom. The minimum Gasteiger partial charge on any atom is -0.389 e. The van der Waals surface area contributed by atoms with Crippen LogP contribution in [-0.4, -0.2) is 55.1 Å². The second kappa shape index (κ2) is 10.1. The number of Topliss-reactive ketones (excluding diaryl/α,β-unsaturated/α-hetero) is 1. The maximum absolute atomic E-state index is 12.9. The normalized spacial score (nSPS) is 24.6. The number of nitrogens with zero attached hydrogens (tertiary/aromatic N) is 2. The molecule has 2 fully saturated rings. The van der Waals surface area contributed by atoms with E-state index >= 15 is 0 Å². The number of aliphatic hydroxyl groups excluding tert-OH is 1. The Hall–Kier alpha value is -1.60. The van der Waals surface area contributed by atoms with Crippen LogP contribution in [0.2, 0.25) is 0 Å². The Bertz CT molecular complexity index is 694. The second-order valence-corrected chi connectivity index (χ2v) is 8.86. The van der Waals surface area contributed by atoms with Gasteiger partial charge in [-0.05, 0) is 55.8 Å². The molecule has 3 rings (SSSR count). The van der Waals surface area contributed by atoms with Gasteiger partial charge < -0.3 is 10.0 Å². The number of carbonyl (C=O) groups excluding carboxylic acids is 1. The van der Waals surface area contributed by atoms with E-state index in [2.05, 4.69) is 4.90 Å². The predicted octanol–water partition coefficient (Wildman–Crippen LogP) is 4.22. The molecule has 0 amide bonds. The summed E-state index contributed by atoms with van der Waals surface area (Å²) in [6, 6.07) is 5.60. The van der Waals surface area contributed by atoms with Crippen LogP contribution in [0.4, 0.5) is 18.9 Å². The van der Waals surface area contributed by atoms with Crippen LogP contribution >= 0.6 is 0 Å². The summed E-state index contributed by atoms with van der Waals surface area (Å²) < 4.78 is 38.8. The molecule has 1 aliphatic carbocycles. The molecule has 168 valence electrons. The number of ketones is 1. The number of hydrogen-bond donors (Lipinski definition) is 1. The first kappa shape index (κ1) is 23.1. The summed E-state index contributed by atoms with van der Waals surface area (Å²) >= 11 is 0. The number of benzene rings is 1. The van der Waals surface area contributed by atoms with Crippen molar-refractivity contribution in [2.24, 2.45) is 17.8 Å². The number of alkyl halides is 3. The van der Waals surface area contributed by atoms with E-state index in [1.54, 1.807) is 6.07 Å². The van der Waals surface area contributed by atoms with Crippen LogP contribution in [0.1, 0.15) is 44.6 Å². The third-order valence-corrected chi connectivity index (χ3v) is 7.03. The van der Waals surface area contributed by atoms with Gasteiger partial charge in [-0.25, -0.2) is 0 Å². The van der Waals surface area contributed by atoms with Crippen molar-refractivity contribution < 1.29 is 23.1 Å². The number of rotatable bonds is 7. The fraction of sp³-hybridized carbons (Fsp3) is 0.696. The van der Waals surface area contributed by atoms with Crippen LogP contribution in [0, 0.1) is 17.8 Å². The van der Waals surface area contributed by atoms with Gasteiger partial charge in [-0.2, -0.15) is 13.2 Å². The van der Waals surface area contributed by atoms with Gasteiger partial charge in [0, 0.05) is 37.8 Å². The van der Waals surface area contributed by atoms with Gasteiger partial charge in [-0.3, -0.25) is 9.69 Å². The van der Waals surface area contributed by atoms with E-state index < -0.39 is 11.7 Å². The Labute approximate surface area is 177 Å². The molecule has 0 bridgehead atoms. The average Bonchev–Trinajstić information content (AvgIpc) is 2.77. The quantitative estimate of drug-likeness (QED) is 0.709. The van der Waals surface area contributed by atoms with E-state index in [-0.39, 0.29) is 18.3 Å². The molecular formula is C23H33F3N2O2. The topological polar surface area (TPSA) is 43.8 Å². The van der Waals surface area contributed by atoms with Crippen molar-refractivity contribution in [1.29, 1.82) is 0 Å². The van der Waals surface area contributed by atoms with Crippen molar-refractivity contribution in [2.45, 2.75) is 45.2 Å². The zero-order chi connectivity index (χ0) is 21.7. The maximum atomic E-state index is 12.9. The zero-order valence-corrected chi connectivity index (χ0v) is 17.7. The Kier molecular flexibility index (Phi) is 7.80. The van der Waals surface area contributed by atoms with Gasteiger partial charge in [0.15, 0.2) is 5.78 Å². The van der Waals surface area contributed by atoms with Crippen molar-refractivity contribution in [3.05, 3.63) is 29.8 Å². The Morgan fingerprint density at radius 3 is 2.40 bits per heavy atom. The summed E-state index contributed by atoms with van der Waals surface area (Å²) in [7, 11) is 0. The molecule has 0 radical (unpaired) electrons. The molecule has 30 heavy (non-hydrogen) atoms. The summed E-state index contributed by atoms with van der Waals surface area (Å²) in [6.07, 6.45) is 1.22. The van der Waals surface area contributed by atoms with Crippen molar-refractivity contribution in [3.63, 3.8) is 0 Å². The molecule has 0 spiro atoms. The van der Waals surface area contributed by atoms with Gasteiger partial charge in [-0.1, -0.05) is 25.8 Å². The molecule has 0 unspecified atom stereocenters. The van der Waals surface area contributed by atoms with E-state index in [0.29, 0.717) is 17.5 Å². The Morgan fingerprint density at radius 2 is 1.80 bits per heavy atom. The minimum atomic E-state index is -4.31. The number of carbonyl (C=O) groups is 1. The van der Waals surface area contributed by atoms with Gasteiger partial charge in [0.2, 0.25) is 0 Å². The molecule has 1 saturated carbocycles. The highest BCUT2D eigenvalue weighted by atomic mass is 19.4. The lowest BCUT2D eigenvalue weighted by atomic mass is 9.74. The minimum absolute atomic E-state index is 0.0418. The first-order valence-electron chi connectivity index (χ1n) is 11.1. The second-order valence-electron chi connectivity index (χ2n) is 8.86. The highest BCUT2D eigenvalue weighted by molar-refractivity contribution is 5.81. The first-order chi connectivity index (χ1) is 14.3. The third-order valence-electron chi connectivity index (χ3n) is 7.03. The van der Waals surface area contributed by atoms with Crippen LogP contribution in [0.5, 0.6) is 0 Å². The van der Waals surface area contributed by atoms with Crippen molar-refractivity contribution >= 4 is 11.5 Å². The third kappa shape index (κ3) is 5.97. The van der Waals surface area contributed by atoms with Crippen LogP contribution < -0.4 is 4.90 Å². The summed E-state index contributed by atoms with van der Waals surface area (Å²) in [5, 5.41) is 9.05. The standard InChI is InChI=1S/C23H33F3N2O2/c1-17(22(30)16-29)19-7-5-18(6-8-19)9-10-27-11-13-28(14-12-27)21-4-2-3-20(15-21)23(24,25)26/h2-4,15,17-19,29H,5-14,16H2,1H3/t17-,18?,19?/m1/s1. The Balaban J connectivity index is 1.39. The van der Waals surface area contributed by atoms with E-state index in [1.807, 2.05) is 11.8 Å². The summed E-state index contributed by atoms with van der Waals surface area (Å²) in [4.78, 5) is 16.2. The molecule has 1 saturated heterocycles. The fourth-order valence-corrected chi connectivity index (χ4v) is 4.86. The molecule has 4 nitrogen and oxygen atoms in total. The molecule has 0 aromatic heterocycles. The summed E-state index contributed by atoms with van der Waals surface area (Å²) in [6.45, 7) is 5.84. The van der Waals surface area contributed by atoms with Crippen LogP contribution in [-0.2, 0) is 11.0 Å². The summed E-state index contributed by atoms with van der Waals surface area (Å²) in [5.41, 5.74) is 0.0578. The monoisotopic (exact) mass is 426 g/mol. The van der Waals surface area contributed by atoms with Gasteiger partial charge >= 0.3 is 6.18 Å². The van der Waals surface area contributed by atoms with Crippen LogP contribution in [0.25, 0.3) is 0 Å².